The van der Waals surface area contributed by atoms with Gasteiger partial charge < -0.3 is 10.4 Å². The van der Waals surface area contributed by atoms with Gasteiger partial charge in [0.1, 0.15) is 0 Å². The van der Waals surface area contributed by atoms with E-state index in [9.17, 15) is 36.3 Å². The van der Waals surface area contributed by atoms with E-state index in [-0.39, 0.29) is 6.42 Å². The Kier molecular flexibility index (Phi) is 7.62. The molecule has 0 aliphatic rings. The summed E-state index contributed by atoms with van der Waals surface area (Å²) in [6.07, 6.45) is -2.18. The molecule has 2 aromatic rings. The first-order valence-electron chi connectivity index (χ1n) is 8.69. The van der Waals surface area contributed by atoms with Crippen LogP contribution in [-0.2, 0) is 27.2 Å². The number of amides is 1. The van der Waals surface area contributed by atoms with Crippen molar-refractivity contribution in [1.82, 2.24) is 5.32 Å². The predicted octanol–water partition coefficient (Wildman–Crippen LogP) is 3.09. The molecule has 5 nitrogen and oxygen atoms in total. The number of Topliss-reactive ketones (excluding diaryl/α,β-unsaturated/α-hetero) is 1. The van der Waals surface area contributed by atoms with Gasteiger partial charge in [-0.1, -0.05) is 30.3 Å². The Hall–Kier alpha value is -3.30. The van der Waals surface area contributed by atoms with Gasteiger partial charge in [-0.2, -0.15) is 0 Å². The molecular weight excluding hydrogens is 413 g/mol. The highest BCUT2D eigenvalue weighted by molar-refractivity contribution is 5.91. The number of nitrogens with one attached hydrogen (secondary N) is 1. The van der Waals surface area contributed by atoms with Crippen LogP contribution in [0.2, 0.25) is 0 Å². The van der Waals surface area contributed by atoms with Gasteiger partial charge in [-0.25, -0.2) is 22.0 Å². The Morgan fingerprint density at radius 3 is 1.90 bits per heavy atom. The lowest BCUT2D eigenvalue weighted by molar-refractivity contribution is -0.138. The van der Waals surface area contributed by atoms with Gasteiger partial charge in [0.15, 0.2) is 29.1 Å². The molecule has 0 unspecified atom stereocenters. The van der Waals surface area contributed by atoms with Crippen molar-refractivity contribution in [2.45, 2.75) is 31.7 Å². The van der Waals surface area contributed by atoms with Crippen LogP contribution in [-0.4, -0.2) is 28.8 Å². The van der Waals surface area contributed by atoms with Crippen molar-refractivity contribution in [3.8, 4) is 0 Å². The molecule has 30 heavy (non-hydrogen) atoms. The van der Waals surface area contributed by atoms with Crippen LogP contribution < -0.4 is 5.32 Å². The van der Waals surface area contributed by atoms with Crippen molar-refractivity contribution in [1.29, 1.82) is 0 Å². The molecule has 0 fully saturated rings. The fraction of sp³-hybridized carbons (Fsp3) is 0.250. The normalized spacial score (nSPS) is 11.8. The fourth-order valence-electron chi connectivity index (χ4n) is 2.71. The standard InChI is InChI=1S/C20H16F5NO4/c21-16-11(17(22)19(24)20(25)18(16)23)9-14(28)26-12(13(27)6-7-15(29)30)8-10-4-2-1-3-5-10/h1-5,12H,6-9H2,(H,26,28)(H,29,30)/t12-/m0/s1. The average Bonchev–Trinajstić information content (AvgIpc) is 2.72. The van der Waals surface area contributed by atoms with Crippen molar-refractivity contribution in [3.05, 3.63) is 70.5 Å². The van der Waals surface area contributed by atoms with E-state index >= 15 is 0 Å². The van der Waals surface area contributed by atoms with Gasteiger partial charge in [-0.05, 0) is 12.0 Å². The minimum Gasteiger partial charge on any atom is -0.481 e. The van der Waals surface area contributed by atoms with Crippen LogP contribution in [0, 0.1) is 29.1 Å². The lowest BCUT2D eigenvalue weighted by Crippen LogP contribution is -2.43. The first-order chi connectivity index (χ1) is 14.1. The monoisotopic (exact) mass is 429 g/mol. The van der Waals surface area contributed by atoms with Gasteiger partial charge in [0, 0.05) is 12.0 Å². The Morgan fingerprint density at radius 1 is 0.833 bits per heavy atom. The smallest absolute Gasteiger partial charge is 0.303 e. The summed E-state index contributed by atoms with van der Waals surface area (Å²) < 4.78 is 67.3. The highest BCUT2D eigenvalue weighted by atomic mass is 19.2. The van der Waals surface area contributed by atoms with Crippen LogP contribution in [0.25, 0.3) is 0 Å². The second-order valence-electron chi connectivity index (χ2n) is 6.40. The molecular formula is C20H16F5NO4. The first kappa shape index (κ1) is 23.0. The highest BCUT2D eigenvalue weighted by Gasteiger charge is 2.28. The number of rotatable bonds is 9. The van der Waals surface area contributed by atoms with E-state index in [1.807, 2.05) is 0 Å². The molecule has 10 heteroatoms. The van der Waals surface area contributed by atoms with Crippen LogP contribution in [0.4, 0.5) is 22.0 Å². The Morgan fingerprint density at radius 2 is 1.37 bits per heavy atom. The molecule has 2 rings (SSSR count). The molecule has 0 radical (unpaired) electrons. The zero-order valence-electron chi connectivity index (χ0n) is 15.4. The number of ketones is 1. The third-order valence-corrected chi connectivity index (χ3v) is 4.23. The van der Waals surface area contributed by atoms with Crippen molar-refractivity contribution in [2.24, 2.45) is 0 Å². The molecule has 1 atom stereocenters. The minimum atomic E-state index is -2.35. The summed E-state index contributed by atoms with van der Waals surface area (Å²) >= 11 is 0. The molecule has 0 saturated heterocycles. The number of halogens is 5. The summed E-state index contributed by atoms with van der Waals surface area (Å²) in [7, 11) is 0. The fourth-order valence-corrected chi connectivity index (χ4v) is 2.71. The maximum atomic E-state index is 13.8. The van der Waals surface area contributed by atoms with Gasteiger partial charge in [0.2, 0.25) is 11.7 Å². The number of aliphatic carboxylic acids is 1. The topological polar surface area (TPSA) is 83.5 Å². The second kappa shape index (κ2) is 9.95. The SMILES string of the molecule is O=C(O)CCC(=O)[C@H](Cc1ccccc1)NC(=O)Cc1c(F)c(F)c(F)c(F)c1F. The second-order valence-corrected chi connectivity index (χ2v) is 6.40. The number of carboxylic acid groups (broad SMARTS) is 1. The van der Waals surface area contributed by atoms with Crippen LogP contribution >= 0.6 is 0 Å². The van der Waals surface area contributed by atoms with E-state index in [4.69, 9.17) is 5.11 Å². The largest absolute Gasteiger partial charge is 0.481 e. The first-order valence-corrected chi connectivity index (χ1v) is 8.69. The van der Waals surface area contributed by atoms with E-state index in [1.54, 1.807) is 30.3 Å². The van der Waals surface area contributed by atoms with Gasteiger partial charge in [0.25, 0.3) is 0 Å². The van der Waals surface area contributed by atoms with Crippen LogP contribution in [0.3, 0.4) is 0 Å². The maximum Gasteiger partial charge on any atom is 0.303 e. The van der Waals surface area contributed by atoms with Crippen LogP contribution in [0.1, 0.15) is 24.0 Å². The molecule has 160 valence electrons. The van der Waals surface area contributed by atoms with Gasteiger partial charge in [-0.15, -0.1) is 0 Å². The molecule has 0 aromatic heterocycles. The zero-order chi connectivity index (χ0) is 22.4. The summed E-state index contributed by atoms with van der Waals surface area (Å²) in [5.41, 5.74) is -0.733. The summed E-state index contributed by atoms with van der Waals surface area (Å²) in [6, 6.07) is 7.03. The number of hydrogen-bond donors (Lipinski definition) is 2. The molecule has 0 aliphatic heterocycles. The summed E-state index contributed by atoms with van der Waals surface area (Å²) in [5.74, 6) is -14.1. The van der Waals surface area contributed by atoms with Crippen molar-refractivity contribution in [3.63, 3.8) is 0 Å². The molecule has 2 aromatic carbocycles. The number of benzene rings is 2. The molecule has 0 spiro atoms. The van der Waals surface area contributed by atoms with Gasteiger partial charge in [0.05, 0.1) is 18.9 Å². The third kappa shape index (κ3) is 5.62. The summed E-state index contributed by atoms with van der Waals surface area (Å²) in [5, 5.41) is 10.9. The minimum absolute atomic E-state index is 0.0534. The summed E-state index contributed by atoms with van der Waals surface area (Å²) in [4.78, 5) is 35.2. The van der Waals surface area contributed by atoms with Crippen LogP contribution in [0.15, 0.2) is 30.3 Å². The summed E-state index contributed by atoms with van der Waals surface area (Å²) in [6.45, 7) is 0. The van der Waals surface area contributed by atoms with E-state index in [0.717, 1.165) is 0 Å². The average molecular weight is 429 g/mol. The zero-order valence-corrected chi connectivity index (χ0v) is 15.4. The van der Waals surface area contributed by atoms with E-state index in [2.05, 4.69) is 5.32 Å². The Balaban J connectivity index is 2.22. The van der Waals surface area contributed by atoms with Gasteiger partial charge in [-0.3, -0.25) is 14.4 Å². The quantitative estimate of drug-likeness (QED) is 0.365. The molecule has 0 heterocycles. The maximum absolute atomic E-state index is 13.8. The Labute approximate surface area is 167 Å². The Bertz CT molecular complexity index is 936. The molecule has 0 bridgehead atoms. The molecule has 0 aliphatic carbocycles. The molecule has 1 amide bonds. The lowest BCUT2D eigenvalue weighted by Gasteiger charge is -2.18. The van der Waals surface area contributed by atoms with E-state index < -0.39 is 77.6 Å². The highest BCUT2D eigenvalue weighted by Crippen LogP contribution is 2.23. The molecule has 2 N–H and O–H groups in total. The number of carboxylic acids is 1. The lowest BCUT2D eigenvalue weighted by atomic mass is 9.99. The van der Waals surface area contributed by atoms with Gasteiger partial charge >= 0.3 is 5.97 Å². The molecule has 0 saturated carbocycles. The van der Waals surface area contributed by atoms with E-state index in [1.165, 1.54) is 0 Å². The van der Waals surface area contributed by atoms with Crippen LogP contribution in [0.5, 0.6) is 0 Å². The third-order valence-electron chi connectivity index (χ3n) is 4.23. The number of carbonyl (C=O) groups excluding carboxylic acids is 2. The van der Waals surface area contributed by atoms with Crippen molar-refractivity contribution < 1.29 is 41.4 Å². The van der Waals surface area contributed by atoms with Crippen molar-refractivity contribution >= 4 is 17.7 Å². The van der Waals surface area contributed by atoms with E-state index in [0.29, 0.717) is 5.56 Å². The number of carbonyl (C=O) groups is 3. The predicted molar refractivity (Wildman–Crippen MR) is 93.9 cm³/mol. The number of hydrogen-bond acceptors (Lipinski definition) is 3. The van der Waals surface area contributed by atoms with Crippen molar-refractivity contribution in [2.75, 3.05) is 0 Å².